The topological polar surface area (TPSA) is 3.24 Å². The zero-order valence-corrected chi connectivity index (χ0v) is 45.5. The predicted octanol–water partition coefficient (Wildman–Crippen LogP) is 20.6. The molecule has 0 aliphatic heterocycles. The molecule has 1 spiro atoms. The van der Waals surface area contributed by atoms with Crippen molar-refractivity contribution in [2.45, 2.75) is 77.0 Å². The second-order valence-corrected chi connectivity index (χ2v) is 24.4. The van der Waals surface area contributed by atoms with Crippen LogP contribution in [0.4, 0.5) is 17.1 Å². The van der Waals surface area contributed by atoms with E-state index >= 15 is 0 Å². The van der Waals surface area contributed by atoms with E-state index < -0.39 is 5.41 Å². The van der Waals surface area contributed by atoms with Crippen molar-refractivity contribution in [2.75, 3.05) is 4.90 Å². The van der Waals surface area contributed by atoms with Gasteiger partial charge >= 0.3 is 0 Å². The van der Waals surface area contributed by atoms with Crippen LogP contribution < -0.4 is 4.90 Å². The first-order valence-corrected chi connectivity index (χ1v) is 27.6. The second kappa shape index (κ2) is 17.0. The van der Waals surface area contributed by atoms with Crippen molar-refractivity contribution in [2.24, 2.45) is 0 Å². The van der Waals surface area contributed by atoms with E-state index in [1.165, 1.54) is 122 Å². The van der Waals surface area contributed by atoms with Crippen molar-refractivity contribution in [1.82, 2.24) is 0 Å². The molecular weight excluding hydrogens is 927 g/mol. The highest BCUT2D eigenvalue weighted by atomic mass is 15.1. The van der Waals surface area contributed by atoms with Gasteiger partial charge in [0, 0.05) is 22.2 Å². The van der Waals surface area contributed by atoms with Gasteiger partial charge < -0.3 is 4.90 Å². The highest BCUT2D eigenvalue weighted by molar-refractivity contribution is 6.07. The molecule has 0 fully saturated rings. The fourth-order valence-electron chi connectivity index (χ4n) is 13.9. The molecule has 1 nitrogen and oxygen atoms in total. The number of rotatable bonds is 6. The van der Waals surface area contributed by atoms with Crippen molar-refractivity contribution in [3.8, 4) is 66.8 Å². The Labute approximate surface area is 455 Å². The normalized spacial score (nSPS) is 14.2. The summed E-state index contributed by atoms with van der Waals surface area (Å²) in [6, 6.07) is 90.3. The zero-order chi connectivity index (χ0) is 52.6. The van der Waals surface area contributed by atoms with Crippen LogP contribution >= 0.6 is 0 Å². The Hall–Kier alpha value is -8.52. The van der Waals surface area contributed by atoms with Gasteiger partial charge in [-0.3, -0.25) is 0 Å². The van der Waals surface area contributed by atoms with Gasteiger partial charge in [-0.15, -0.1) is 0 Å². The molecule has 0 radical (unpaired) electrons. The Balaban J connectivity index is 1.10. The number of nitrogens with zero attached hydrogens (tertiary/aromatic N) is 1. The van der Waals surface area contributed by atoms with Crippen molar-refractivity contribution in [3.05, 3.63) is 281 Å². The number of benzene rings is 11. The van der Waals surface area contributed by atoms with Crippen LogP contribution in [-0.2, 0) is 21.7 Å². The quantitative estimate of drug-likeness (QED) is 0.160. The maximum absolute atomic E-state index is 2.62. The summed E-state index contributed by atoms with van der Waals surface area (Å²) in [7, 11) is 0. The molecule has 0 saturated heterocycles. The number of anilines is 3. The number of hydrogen-bond donors (Lipinski definition) is 0. The number of fused-ring (bicyclic) bond motifs is 14. The van der Waals surface area contributed by atoms with Crippen LogP contribution in [0.1, 0.15) is 99.9 Å². The molecule has 0 amide bonds. The Morgan fingerprint density at radius 2 is 0.792 bits per heavy atom. The molecular formula is C76H63N. The second-order valence-electron chi connectivity index (χ2n) is 24.4. The summed E-state index contributed by atoms with van der Waals surface area (Å²) >= 11 is 0. The molecule has 0 N–H and O–H groups in total. The third-order valence-corrected chi connectivity index (χ3v) is 17.6. The largest absolute Gasteiger partial charge is 0.309 e. The standard InChI is InChI=1S/C76H63N/c1-73(2,3)51-41-43-56-57-44-42-52(74(4,5)6)47-67(57)76(66(56)46-51)63-36-17-15-31-61(63)72-65(76)38-22-40-69(72)77(53-28-18-27-50(45-53)55-32-19-26-48-23-12-13-29-54(48)55)68-39-21-34-58(70(68)49-24-10-9-11-25-49)59-33-20-37-64-71(59)60-30-14-16-35-62(60)75(64,7)8/h9-47H,1-8H3. The van der Waals surface area contributed by atoms with Crippen LogP contribution in [0.5, 0.6) is 0 Å². The van der Waals surface area contributed by atoms with Crippen LogP contribution in [0.25, 0.3) is 77.5 Å². The fourth-order valence-corrected chi connectivity index (χ4v) is 13.9. The molecule has 372 valence electrons. The summed E-state index contributed by atoms with van der Waals surface area (Å²) in [5.74, 6) is 0. The first-order valence-electron chi connectivity index (χ1n) is 27.6. The lowest BCUT2D eigenvalue weighted by atomic mass is 9.69. The summed E-state index contributed by atoms with van der Waals surface area (Å²) in [4.78, 5) is 2.62. The van der Waals surface area contributed by atoms with Gasteiger partial charge in [0.1, 0.15) is 0 Å². The van der Waals surface area contributed by atoms with E-state index in [1.54, 1.807) is 0 Å². The molecule has 0 atom stereocenters. The Bertz CT molecular complexity index is 4140. The van der Waals surface area contributed by atoms with Gasteiger partial charge in [0.2, 0.25) is 0 Å². The average Bonchev–Trinajstić information content (AvgIpc) is 4.24. The van der Waals surface area contributed by atoms with Crippen LogP contribution in [0.2, 0.25) is 0 Å². The summed E-state index contributed by atoms with van der Waals surface area (Å²) in [6.45, 7) is 18.9. The highest BCUT2D eigenvalue weighted by Gasteiger charge is 2.53. The molecule has 77 heavy (non-hydrogen) atoms. The monoisotopic (exact) mass is 989 g/mol. The fraction of sp³-hybridized carbons (Fsp3) is 0.158. The van der Waals surface area contributed by atoms with Crippen LogP contribution in [0.15, 0.2) is 237 Å². The molecule has 0 saturated carbocycles. The van der Waals surface area contributed by atoms with E-state index in [-0.39, 0.29) is 16.2 Å². The first-order chi connectivity index (χ1) is 37.2. The maximum Gasteiger partial charge on any atom is 0.0726 e. The van der Waals surface area contributed by atoms with Gasteiger partial charge in [-0.1, -0.05) is 268 Å². The Kier molecular flexibility index (Phi) is 10.4. The predicted molar refractivity (Wildman–Crippen MR) is 326 cm³/mol. The molecule has 3 aliphatic rings. The van der Waals surface area contributed by atoms with Crippen molar-refractivity contribution >= 4 is 27.8 Å². The molecule has 0 aromatic heterocycles. The third-order valence-electron chi connectivity index (χ3n) is 17.6. The minimum Gasteiger partial charge on any atom is -0.309 e. The third kappa shape index (κ3) is 6.92. The molecule has 14 rings (SSSR count). The van der Waals surface area contributed by atoms with Gasteiger partial charge in [0.05, 0.1) is 16.8 Å². The van der Waals surface area contributed by atoms with Gasteiger partial charge in [-0.25, -0.2) is 0 Å². The number of hydrogen-bond acceptors (Lipinski definition) is 1. The molecule has 0 heterocycles. The van der Waals surface area contributed by atoms with E-state index in [9.17, 15) is 0 Å². The van der Waals surface area contributed by atoms with E-state index in [0.717, 1.165) is 17.1 Å². The Morgan fingerprint density at radius 3 is 1.49 bits per heavy atom. The Morgan fingerprint density at radius 1 is 0.312 bits per heavy atom. The first kappa shape index (κ1) is 47.0. The van der Waals surface area contributed by atoms with Crippen LogP contribution in [-0.4, -0.2) is 0 Å². The van der Waals surface area contributed by atoms with E-state index in [4.69, 9.17) is 0 Å². The SMILES string of the molecule is CC(C)(C)c1ccc2c(c1)C1(c3cc(C(C)(C)C)ccc3-2)c2ccccc2-c2c(N(c3cccc(-c4cccc5ccccc45)c3)c3cccc(-c4cccc5c4-c4ccccc4C5(C)C)c3-c3ccccc3)cccc21. The highest BCUT2D eigenvalue weighted by Crippen LogP contribution is 2.66. The smallest absolute Gasteiger partial charge is 0.0726 e. The van der Waals surface area contributed by atoms with Crippen molar-refractivity contribution < 1.29 is 0 Å². The van der Waals surface area contributed by atoms with Gasteiger partial charge in [-0.2, -0.15) is 0 Å². The molecule has 3 aliphatic carbocycles. The molecule has 1 heteroatoms. The van der Waals surface area contributed by atoms with Crippen molar-refractivity contribution in [1.29, 1.82) is 0 Å². The van der Waals surface area contributed by atoms with Crippen molar-refractivity contribution in [3.63, 3.8) is 0 Å². The minimum absolute atomic E-state index is 0.0498. The summed E-state index contributed by atoms with van der Waals surface area (Å²) < 4.78 is 0. The molecule has 0 bridgehead atoms. The molecule has 0 unspecified atom stereocenters. The summed E-state index contributed by atoms with van der Waals surface area (Å²) in [6.07, 6.45) is 0. The lowest BCUT2D eigenvalue weighted by Crippen LogP contribution is -2.27. The van der Waals surface area contributed by atoms with Crippen LogP contribution in [0, 0.1) is 0 Å². The van der Waals surface area contributed by atoms with E-state index in [2.05, 4.69) is 297 Å². The summed E-state index contributed by atoms with van der Waals surface area (Å²) in [5.41, 5.74) is 28.4. The molecule has 11 aromatic carbocycles. The van der Waals surface area contributed by atoms with E-state index in [1.807, 2.05) is 0 Å². The van der Waals surface area contributed by atoms with Crippen LogP contribution in [0.3, 0.4) is 0 Å². The van der Waals surface area contributed by atoms with Gasteiger partial charge in [0.15, 0.2) is 0 Å². The lowest BCUT2D eigenvalue weighted by molar-refractivity contribution is 0.586. The maximum atomic E-state index is 2.62. The lowest BCUT2D eigenvalue weighted by Gasteiger charge is -2.34. The zero-order valence-electron chi connectivity index (χ0n) is 45.5. The average molecular weight is 990 g/mol. The summed E-state index contributed by atoms with van der Waals surface area (Å²) in [5, 5.41) is 2.47. The van der Waals surface area contributed by atoms with E-state index in [0.29, 0.717) is 0 Å². The van der Waals surface area contributed by atoms with Gasteiger partial charge in [-0.05, 0) is 146 Å². The molecule has 11 aromatic rings. The minimum atomic E-state index is -0.569. The van der Waals surface area contributed by atoms with Gasteiger partial charge in [0.25, 0.3) is 0 Å².